The van der Waals surface area contributed by atoms with E-state index < -0.39 is 5.97 Å². The lowest BCUT2D eigenvalue weighted by Crippen LogP contribution is -2.40. The molecule has 0 N–H and O–H groups in total. The highest BCUT2D eigenvalue weighted by atomic mass is 16.9. The van der Waals surface area contributed by atoms with Gasteiger partial charge in [0.1, 0.15) is 0 Å². The summed E-state index contributed by atoms with van der Waals surface area (Å²) in [5, 5.41) is 0. The fourth-order valence-corrected chi connectivity index (χ4v) is 1.10. The van der Waals surface area contributed by atoms with Gasteiger partial charge in [-0.25, -0.2) is 0 Å². The van der Waals surface area contributed by atoms with E-state index in [1.165, 1.54) is 0 Å². The molecule has 3 heteroatoms. The van der Waals surface area contributed by atoms with Crippen molar-refractivity contribution in [1.29, 1.82) is 0 Å². The Kier molecular flexibility index (Phi) is 6.45. The lowest BCUT2D eigenvalue weighted by Gasteiger charge is -2.32. The zero-order valence-corrected chi connectivity index (χ0v) is 9.34. The van der Waals surface area contributed by atoms with Crippen molar-refractivity contribution in [3.05, 3.63) is 24.8 Å². The van der Waals surface area contributed by atoms with Gasteiger partial charge in [-0.3, -0.25) is 0 Å². The minimum Gasteiger partial charge on any atom is -0.324 e. The molecule has 0 saturated heterocycles. The Balaban J connectivity index is 4.71. The molecule has 14 heavy (non-hydrogen) atoms. The minimum absolute atomic E-state index is 0.493. The molecule has 0 rings (SSSR count). The smallest absolute Gasteiger partial charge is 0.311 e. The summed E-state index contributed by atoms with van der Waals surface area (Å²) in [5.41, 5.74) is 0.586. The quantitative estimate of drug-likeness (QED) is 0.445. The van der Waals surface area contributed by atoms with Gasteiger partial charge in [-0.2, -0.15) is 0 Å². The Morgan fingerprint density at radius 1 is 1.07 bits per heavy atom. The molecule has 82 valence electrons. The van der Waals surface area contributed by atoms with Crippen LogP contribution in [0.25, 0.3) is 0 Å². The molecule has 0 aromatic carbocycles. The molecule has 0 bridgehead atoms. The van der Waals surface area contributed by atoms with Crippen molar-refractivity contribution < 1.29 is 14.2 Å². The molecule has 3 nitrogen and oxygen atoms in total. The third kappa shape index (κ3) is 3.25. The van der Waals surface area contributed by atoms with Crippen molar-refractivity contribution in [2.75, 3.05) is 19.8 Å². The molecular formula is C11H20O3. The number of hydrogen-bond donors (Lipinski definition) is 0. The van der Waals surface area contributed by atoms with Gasteiger partial charge in [-0.05, 0) is 20.8 Å². The van der Waals surface area contributed by atoms with Crippen molar-refractivity contribution >= 4 is 0 Å². The highest BCUT2D eigenvalue weighted by Gasteiger charge is 2.34. The van der Waals surface area contributed by atoms with E-state index in [9.17, 15) is 0 Å². The summed E-state index contributed by atoms with van der Waals surface area (Å²) < 4.78 is 16.3. The first-order valence-electron chi connectivity index (χ1n) is 4.90. The van der Waals surface area contributed by atoms with Crippen LogP contribution in [0, 0.1) is 0 Å². The largest absolute Gasteiger partial charge is 0.324 e. The van der Waals surface area contributed by atoms with Gasteiger partial charge in [0, 0.05) is 25.4 Å². The van der Waals surface area contributed by atoms with E-state index >= 15 is 0 Å². The van der Waals surface area contributed by atoms with Crippen molar-refractivity contribution in [1.82, 2.24) is 0 Å². The van der Waals surface area contributed by atoms with Gasteiger partial charge in [0.15, 0.2) is 0 Å². The zero-order valence-electron chi connectivity index (χ0n) is 9.34. The first-order chi connectivity index (χ1) is 6.66. The highest BCUT2D eigenvalue weighted by molar-refractivity contribution is 5.18. The normalized spacial score (nSPS) is 11.4. The summed E-state index contributed by atoms with van der Waals surface area (Å²) in [5.74, 6) is -1.15. The molecule has 0 amide bonds. The van der Waals surface area contributed by atoms with E-state index in [4.69, 9.17) is 14.2 Å². The summed E-state index contributed by atoms with van der Waals surface area (Å²) in [6.45, 7) is 14.6. The second kappa shape index (κ2) is 6.76. The summed E-state index contributed by atoms with van der Waals surface area (Å²) in [6.07, 6.45) is 1.58. The Bertz CT molecular complexity index is 170. The van der Waals surface area contributed by atoms with E-state index in [0.717, 1.165) is 0 Å². The second-order valence-electron chi connectivity index (χ2n) is 2.58. The van der Waals surface area contributed by atoms with E-state index in [1.807, 2.05) is 20.8 Å². The number of hydrogen-bond acceptors (Lipinski definition) is 3. The molecule has 0 aliphatic rings. The van der Waals surface area contributed by atoms with Crippen LogP contribution in [0.1, 0.15) is 20.8 Å². The van der Waals surface area contributed by atoms with Crippen molar-refractivity contribution in [3.8, 4) is 0 Å². The van der Waals surface area contributed by atoms with Crippen molar-refractivity contribution in [2.24, 2.45) is 0 Å². The molecule has 0 aliphatic heterocycles. The van der Waals surface area contributed by atoms with Crippen LogP contribution in [-0.2, 0) is 14.2 Å². The van der Waals surface area contributed by atoms with Crippen LogP contribution in [0.4, 0.5) is 0 Å². The monoisotopic (exact) mass is 200 g/mol. The van der Waals surface area contributed by atoms with E-state index in [2.05, 4.69) is 13.2 Å². The van der Waals surface area contributed by atoms with Gasteiger partial charge < -0.3 is 14.2 Å². The van der Waals surface area contributed by atoms with Gasteiger partial charge in [0.2, 0.25) is 0 Å². The maximum absolute atomic E-state index is 5.45. The summed E-state index contributed by atoms with van der Waals surface area (Å²) in [4.78, 5) is 0. The van der Waals surface area contributed by atoms with Crippen LogP contribution in [0.15, 0.2) is 24.8 Å². The topological polar surface area (TPSA) is 27.7 Å². The van der Waals surface area contributed by atoms with Crippen molar-refractivity contribution in [3.63, 3.8) is 0 Å². The molecule has 0 radical (unpaired) electrons. The lowest BCUT2D eigenvalue weighted by atomic mass is 10.2. The highest BCUT2D eigenvalue weighted by Crippen LogP contribution is 2.24. The van der Waals surface area contributed by atoms with Crippen LogP contribution >= 0.6 is 0 Å². The number of ether oxygens (including phenoxy) is 3. The van der Waals surface area contributed by atoms with Crippen LogP contribution in [0.3, 0.4) is 0 Å². The van der Waals surface area contributed by atoms with Gasteiger partial charge in [0.05, 0.1) is 0 Å². The van der Waals surface area contributed by atoms with Crippen LogP contribution in [0.2, 0.25) is 0 Å². The van der Waals surface area contributed by atoms with Crippen molar-refractivity contribution in [2.45, 2.75) is 26.7 Å². The molecule has 0 spiro atoms. The summed E-state index contributed by atoms with van der Waals surface area (Å²) in [6, 6.07) is 0. The molecule has 0 unspecified atom stereocenters. The number of rotatable bonds is 8. The fourth-order valence-electron chi connectivity index (χ4n) is 1.10. The standard InChI is InChI=1S/C11H20O3/c1-6-10(5)11(12-7-2,13-8-3)14-9-4/h6H,1,5,7-9H2,2-4H3. The van der Waals surface area contributed by atoms with Crippen LogP contribution in [0.5, 0.6) is 0 Å². The van der Waals surface area contributed by atoms with Gasteiger partial charge >= 0.3 is 5.97 Å². The van der Waals surface area contributed by atoms with Gasteiger partial charge in [0.25, 0.3) is 0 Å². The minimum atomic E-state index is -1.15. The average molecular weight is 200 g/mol. The maximum Gasteiger partial charge on any atom is 0.311 e. The Morgan fingerprint density at radius 2 is 1.43 bits per heavy atom. The Hall–Kier alpha value is -0.640. The van der Waals surface area contributed by atoms with Gasteiger partial charge in [-0.1, -0.05) is 19.2 Å². The SMILES string of the molecule is C=CC(=C)C(OCC)(OCC)OCC. The second-order valence-corrected chi connectivity index (χ2v) is 2.58. The fraction of sp³-hybridized carbons (Fsp3) is 0.636. The summed E-state index contributed by atoms with van der Waals surface area (Å²) in [7, 11) is 0. The Morgan fingerprint density at radius 3 is 1.64 bits per heavy atom. The lowest BCUT2D eigenvalue weighted by molar-refractivity contribution is -0.350. The third-order valence-electron chi connectivity index (χ3n) is 1.64. The molecule has 0 aliphatic carbocycles. The molecule has 0 saturated carbocycles. The van der Waals surface area contributed by atoms with E-state index in [1.54, 1.807) is 6.08 Å². The van der Waals surface area contributed by atoms with Crippen LogP contribution in [-0.4, -0.2) is 25.8 Å². The predicted molar refractivity (Wildman–Crippen MR) is 56.9 cm³/mol. The van der Waals surface area contributed by atoms with Gasteiger partial charge in [-0.15, -0.1) is 0 Å². The molecule has 0 fully saturated rings. The molecule has 0 atom stereocenters. The molecule has 0 heterocycles. The first-order valence-corrected chi connectivity index (χ1v) is 4.90. The van der Waals surface area contributed by atoms with Crippen LogP contribution < -0.4 is 0 Å². The molecular weight excluding hydrogens is 180 g/mol. The summed E-state index contributed by atoms with van der Waals surface area (Å²) >= 11 is 0. The maximum atomic E-state index is 5.45. The molecule has 0 aromatic heterocycles. The van der Waals surface area contributed by atoms with E-state index in [0.29, 0.717) is 25.4 Å². The Labute approximate surface area is 86.4 Å². The molecule has 0 aromatic rings. The van der Waals surface area contributed by atoms with E-state index in [-0.39, 0.29) is 0 Å². The average Bonchev–Trinajstić information content (AvgIpc) is 2.17. The predicted octanol–water partition coefficient (Wildman–Crippen LogP) is 2.49. The third-order valence-corrected chi connectivity index (χ3v) is 1.64. The first kappa shape index (κ1) is 13.4. The zero-order chi connectivity index (χ0) is 11.0.